The molecule has 0 bridgehead atoms. The second-order valence-corrected chi connectivity index (χ2v) is 8.41. The Labute approximate surface area is 206 Å². The summed E-state index contributed by atoms with van der Waals surface area (Å²) in [6, 6.07) is 6.81. The van der Waals surface area contributed by atoms with Crippen LogP contribution in [0.15, 0.2) is 44.7 Å². The standard InChI is InChI=1S/C23H29N7O6/c1-14(2)12-30-20(24)19(21(33)27-23(30)34)29(9-10-35-3)18(32)8-7-17(31)26-16-6-4-5-15(11-16)22-28-25-13-36-22/h4-6,11,13-14H,7-10,12,24H2,1-3H3,(H,26,31)(H,27,33,34). The number of carbonyl (C=O) groups is 2. The summed E-state index contributed by atoms with van der Waals surface area (Å²) in [5, 5.41) is 10.2. The zero-order valence-corrected chi connectivity index (χ0v) is 20.3. The van der Waals surface area contributed by atoms with Gasteiger partial charge in [0.15, 0.2) is 5.69 Å². The summed E-state index contributed by atoms with van der Waals surface area (Å²) < 4.78 is 11.5. The topological polar surface area (TPSA) is 178 Å². The van der Waals surface area contributed by atoms with E-state index in [1.165, 1.54) is 18.1 Å². The van der Waals surface area contributed by atoms with Crippen LogP contribution in [0.5, 0.6) is 0 Å². The van der Waals surface area contributed by atoms with Crippen molar-refractivity contribution in [3.63, 3.8) is 0 Å². The lowest BCUT2D eigenvalue weighted by molar-refractivity contribution is -0.122. The van der Waals surface area contributed by atoms with Crippen molar-refractivity contribution in [2.45, 2.75) is 33.2 Å². The molecule has 192 valence electrons. The Morgan fingerprint density at radius 3 is 2.72 bits per heavy atom. The number of nitrogens with zero attached hydrogens (tertiary/aromatic N) is 4. The highest BCUT2D eigenvalue weighted by atomic mass is 16.5. The summed E-state index contributed by atoms with van der Waals surface area (Å²) in [5.74, 6) is -0.687. The highest BCUT2D eigenvalue weighted by Gasteiger charge is 2.25. The van der Waals surface area contributed by atoms with Gasteiger partial charge in [-0.25, -0.2) is 4.79 Å². The zero-order valence-electron chi connectivity index (χ0n) is 20.3. The molecule has 0 aliphatic rings. The first kappa shape index (κ1) is 26.3. The summed E-state index contributed by atoms with van der Waals surface area (Å²) in [6.45, 7) is 4.16. The molecule has 36 heavy (non-hydrogen) atoms. The molecule has 0 saturated heterocycles. The molecule has 0 atom stereocenters. The lowest BCUT2D eigenvalue weighted by atomic mass is 10.2. The summed E-state index contributed by atoms with van der Waals surface area (Å²) >= 11 is 0. The highest BCUT2D eigenvalue weighted by Crippen LogP contribution is 2.21. The third-order valence-electron chi connectivity index (χ3n) is 5.17. The average molecular weight is 500 g/mol. The van der Waals surface area contributed by atoms with Crippen molar-refractivity contribution >= 4 is 29.0 Å². The average Bonchev–Trinajstić information content (AvgIpc) is 3.37. The van der Waals surface area contributed by atoms with Crippen molar-refractivity contribution in [2.24, 2.45) is 5.92 Å². The lowest BCUT2D eigenvalue weighted by Gasteiger charge is -2.24. The molecular formula is C23H29N7O6. The van der Waals surface area contributed by atoms with Gasteiger partial charge in [-0.2, -0.15) is 0 Å². The van der Waals surface area contributed by atoms with E-state index in [1.807, 2.05) is 13.8 Å². The highest BCUT2D eigenvalue weighted by molar-refractivity contribution is 5.99. The second kappa shape index (κ2) is 11.9. The molecule has 0 radical (unpaired) electrons. The maximum Gasteiger partial charge on any atom is 0.330 e. The van der Waals surface area contributed by atoms with Crippen molar-refractivity contribution in [1.29, 1.82) is 0 Å². The summed E-state index contributed by atoms with van der Waals surface area (Å²) in [6.07, 6.45) is 0.839. The largest absolute Gasteiger partial charge is 0.423 e. The van der Waals surface area contributed by atoms with Crippen LogP contribution in [0, 0.1) is 5.92 Å². The third-order valence-corrected chi connectivity index (χ3v) is 5.17. The van der Waals surface area contributed by atoms with E-state index in [-0.39, 0.29) is 50.0 Å². The Bertz CT molecular complexity index is 1310. The van der Waals surface area contributed by atoms with Crippen molar-refractivity contribution in [3.8, 4) is 11.5 Å². The summed E-state index contributed by atoms with van der Waals surface area (Å²) in [5.41, 5.74) is 5.69. The molecule has 0 saturated carbocycles. The number of nitrogen functional groups attached to an aromatic ring is 1. The van der Waals surface area contributed by atoms with Crippen LogP contribution in [0.3, 0.4) is 0 Å². The Morgan fingerprint density at radius 2 is 2.06 bits per heavy atom. The van der Waals surface area contributed by atoms with Crippen molar-refractivity contribution < 1.29 is 18.7 Å². The number of hydrogen-bond acceptors (Lipinski definition) is 9. The zero-order chi connectivity index (χ0) is 26.2. The smallest absolute Gasteiger partial charge is 0.330 e. The lowest BCUT2D eigenvalue weighted by Crippen LogP contribution is -2.43. The van der Waals surface area contributed by atoms with E-state index in [0.717, 1.165) is 4.90 Å². The first-order chi connectivity index (χ1) is 17.2. The number of ether oxygens (including phenoxy) is 1. The van der Waals surface area contributed by atoms with Gasteiger partial charge in [0.05, 0.1) is 6.61 Å². The van der Waals surface area contributed by atoms with Gasteiger partial charge in [0.2, 0.25) is 24.1 Å². The Balaban J connectivity index is 1.75. The molecular weight excluding hydrogens is 470 g/mol. The van der Waals surface area contributed by atoms with E-state index in [1.54, 1.807) is 24.3 Å². The van der Waals surface area contributed by atoms with E-state index in [4.69, 9.17) is 14.9 Å². The minimum atomic E-state index is -0.788. The second-order valence-electron chi connectivity index (χ2n) is 8.41. The molecule has 2 heterocycles. The third kappa shape index (κ3) is 6.44. The quantitative estimate of drug-likeness (QED) is 0.350. The number of anilines is 3. The van der Waals surface area contributed by atoms with Gasteiger partial charge in [-0.3, -0.25) is 23.9 Å². The molecule has 2 aromatic heterocycles. The number of rotatable bonds is 11. The molecule has 0 unspecified atom stereocenters. The molecule has 13 heteroatoms. The van der Waals surface area contributed by atoms with E-state index >= 15 is 0 Å². The Kier molecular flexibility index (Phi) is 8.73. The van der Waals surface area contributed by atoms with Gasteiger partial charge in [0.25, 0.3) is 5.56 Å². The van der Waals surface area contributed by atoms with Gasteiger partial charge >= 0.3 is 5.69 Å². The van der Waals surface area contributed by atoms with Gasteiger partial charge in [0.1, 0.15) is 5.82 Å². The van der Waals surface area contributed by atoms with Gasteiger partial charge in [-0.15, -0.1) is 10.2 Å². The molecule has 0 spiro atoms. The van der Waals surface area contributed by atoms with Gasteiger partial charge in [-0.05, 0) is 24.1 Å². The molecule has 0 fully saturated rings. The number of hydrogen-bond donors (Lipinski definition) is 3. The molecule has 13 nitrogen and oxygen atoms in total. The van der Waals surface area contributed by atoms with Crippen molar-refractivity contribution in [1.82, 2.24) is 19.7 Å². The Morgan fingerprint density at radius 1 is 1.28 bits per heavy atom. The summed E-state index contributed by atoms with van der Waals surface area (Å²) in [7, 11) is 1.45. The predicted octanol–water partition coefficient (Wildman–Crippen LogP) is 1.22. The number of amides is 2. The van der Waals surface area contributed by atoms with Crippen molar-refractivity contribution in [3.05, 3.63) is 51.5 Å². The number of benzene rings is 1. The number of methoxy groups -OCH3 is 1. The van der Waals surface area contributed by atoms with E-state index in [0.29, 0.717) is 17.1 Å². The fourth-order valence-corrected chi connectivity index (χ4v) is 3.54. The van der Waals surface area contributed by atoms with Gasteiger partial charge in [-0.1, -0.05) is 19.9 Å². The van der Waals surface area contributed by atoms with Crippen LogP contribution in [0.2, 0.25) is 0 Å². The molecule has 1 aromatic carbocycles. The molecule has 3 aromatic rings. The van der Waals surface area contributed by atoms with Crippen LogP contribution < -0.4 is 27.2 Å². The van der Waals surface area contributed by atoms with Crippen LogP contribution in [0.4, 0.5) is 17.2 Å². The van der Waals surface area contributed by atoms with Crippen LogP contribution >= 0.6 is 0 Å². The normalized spacial score (nSPS) is 11.0. The van der Waals surface area contributed by atoms with Gasteiger partial charge in [0, 0.05) is 44.3 Å². The number of nitrogens with two attached hydrogens (primary N) is 1. The van der Waals surface area contributed by atoms with E-state index in [2.05, 4.69) is 20.5 Å². The monoisotopic (exact) mass is 499 g/mol. The first-order valence-electron chi connectivity index (χ1n) is 11.3. The number of aromatic amines is 1. The van der Waals surface area contributed by atoms with E-state index < -0.39 is 23.1 Å². The fraction of sp³-hybridized carbons (Fsp3) is 0.391. The minimum absolute atomic E-state index is 0.0103. The molecule has 4 N–H and O–H groups in total. The van der Waals surface area contributed by atoms with Gasteiger partial charge < -0.3 is 25.1 Å². The number of aromatic nitrogens is 4. The van der Waals surface area contributed by atoms with Crippen LogP contribution in [-0.2, 0) is 20.9 Å². The SMILES string of the molecule is COCCN(C(=O)CCC(=O)Nc1cccc(-c2nnco2)c1)c1c(N)n(CC(C)C)c(=O)[nH]c1=O. The first-order valence-corrected chi connectivity index (χ1v) is 11.3. The minimum Gasteiger partial charge on any atom is -0.423 e. The molecule has 3 rings (SSSR count). The predicted molar refractivity (Wildman–Crippen MR) is 132 cm³/mol. The maximum atomic E-state index is 13.1. The van der Waals surface area contributed by atoms with Crippen LogP contribution in [0.1, 0.15) is 26.7 Å². The number of nitrogens with one attached hydrogen (secondary N) is 2. The maximum absolute atomic E-state index is 13.1. The van der Waals surface area contributed by atoms with Crippen LogP contribution in [-0.4, -0.2) is 51.8 Å². The molecule has 0 aliphatic carbocycles. The van der Waals surface area contributed by atoms with E-state index in [9.17, 15) is 19.2 Å². The van der Waals surface area contributed by atoms with Crippen molar-refractivity contribution in [2.75, 3.05) is 36.2 Å². The molecule has 2 amide bonds. The Hall–Kier alpha value is -4.26. The molecule has 0 aliphatic heterocycles. The van der Waals surface area contributed by atoms with Crippen LogP contribution in [0.25, 0.3) is 11.5 Å². The number of carbonyl (C=O) groups excluding carboxylic acids is 2. The summed E-state index contributed by atoms with van der Waals surface area (Å²) in [4.78, 5) is 53.9. The number of H-pyrrole nitrogens is 1. The fourth-order valence-electron chi connectivity index (χ4n) is 3.54.